The van der Waals surface area contributed by atoms with Gasteiger partial charge in [0.2, 0.25) is 0 Å². The highest BCUT2D eigenvalue weighted by Gasteiger charge is 2.23. The molecule has 8 nitrogen and oxygen atoms in total. The fraction of sp³-hybridized carbons (Fsp3) is 0.500. The van der Waals surface area contributed by atoms with Crippen LogP contribution in [0.5, 0.6) is 11.5 Å². The lowest BCUT2D eigenvalue weighted by Gasteiger charge is -2.21. The normalized spacial score (nSPS) is 11.9. The fourth-order valence-corrected chi connectivity index (χ4v) is 1.94. The van der Waals surface area contributed by atoms with Crippen molar-refractivity contribution >= 4 is 17.9 Å². The lowest BCUT2D eigenvalue weighted by molar-refractivity contribution is -0.127. The Balaban J connectivity index is 2.73. The van der Waals surface area contributed by atoms with Crippen LogP contribution >= 0.6 is 0 Å². The first-order chi connectivity index (χ1) is 12.1. The molecule has 0 aliphatic carbocycles. The molecule has 0 bridgehead atoms. The molecule has 144 valence electrons. The first-order valence-electron chi connectivity index (χ1n) is 8.22. The molecule has 2 N–H and O–H groups in total. The second-order valence-corrected chi connectivity index (χ2v) is 6.54. The van der Waals surface area contributed by atoms with Crippen molar-refractivity contribution in [2.45, 2.75) is 46.3 Å². The van der Waals surface area contributed by atoms with Crippen LogP contribution < -0.4 is 20.1 Å². The lowest BCUT2D eigenvalue weighted by atomic mass is 10.1. The van der Waals surface area contributed by atoms with Crippen LogP contribution in [0.1, 0.15) is 45.0 Å². The summed E-state index contributed by atoms with van der Waals surface area (Å²) in [6, 6.07) is 3.89. The molecule has 8 heteroatoms. The maximum atomic E-state index is 12.2. The minimum Gasteiger partial charge on any atom is -0.493 e. The topological polar surface area (TPSA) is 103 Å². The van der Waals surface area contributed by atoms with Gasteiger partial charge in [0, 0.05) is 5.54 Å². The molecule has 26 heavy (non-hydrogen) atoms. The van der Waals surface area contributed by atoms with Crippen LogP contribution in [-0.2, 0) is 9.53 Å². The van der Waals surface area contributed by atoms with E-state index in [1.54, 1.807) is 33.8 Å². The molecule has 0 aromatic heterocycles. The van der Waals surface area contributed by atoms with Gasteiger partial charge in [-0.3, -0.25) is 10.1 Å². The molecule has 0 saturated carbocycles. The second-order valence-electron chi connectivity index (χ2n) is 6.54. The van der Waals surface area contributed by atoms with Gasteiger partial charge in [0.05, 0.1) is 19.3 Å². The Labute approximate surface area is 153 Å². The number of hydrogen-bond acceptors (Lipinski definition) is 6. The molecule has 0 fully saturated rings. The molecule has 1 aromatic carbocycles. The zero-order chi connectivity index (χ0) is 19.9. The molecule has 3 amide bonds. The molecule has 0 unspecified atom stereocenters. The van der Waals surface area contributed by atoms with Crippen molar-refractivity contribution in [3.8, 4) is 11.5 Å². The van der Waals surface area contributed by atoms with E-state index in [0.717, 1.165) is 0 Å². The summed E-state index contributed by atoms with van der Waals surface area (Å²) >= 11 is 0. The summed E-state index contributed by atoms with van der Waals surface area (Å²) in [5, 5.41) is 4.71. The Morgan fingerprint density at radius 2 is 1.81 bits per heavy atom. The average Bonchev–Trinajstić information content (AvgIpc) is 2.53. The van der Waals surface area contributed by atoms with Crippen molar-refractivity contribution < 1.29 is 28.6 Å². The average molecular weight is 366 g/mol. The van der Waals surface area contributed by atoms with Crippen LogP contribution in [0.4, 0.5) is 4.79 Å². The Morgan fingerprint density at radius 1 is 1.15 bits per heavy atom. The van der Waals surface area contributed by atoms with Crippen molar-refractivity contribution in [3.63, 3.8) is 0 Å². The van der Waals surface area contributed by atoms with Crippen molar-refractivity contribution in [2.24, 2.45) is 0 Å². The molecular formula is C18H26N2O6. The summed E-state index contributed by atoms with van der Waals surface area (Å²) in [6.45, 7) is 8.92. The van der Waals surface area contributed by atoms with E-state index in [9.17, 15) is 14.4 Å². The summed E-state index contributed by atoms with van der Waals surface area (Å²) in [5.74, 6) is -0.565. The number of ether oxygens (including phenoxy) is 3. The first-order valence-corrected chi connectivity index (χ1v) is 8.22. The van der Waals surface area contributed by atoms with E-state index >= 15 is 0 Å². The summed E-state index contributed by atoms with van der Waals surface area (Å²) in [4.78, 5) is 35.9. The van der Waals surface area contributed by atoms with Crippen LogP contribution in [-0.4, -0.2) is 43.3 Å². The van der Waals surface area contributed by atoms with E-state index in [1.807, 2.05) is 0 Å². The number of carbonyl (C=O) groups is 3. The molecule has 0 saturated heterocycles. The van der Waals surface area contributed by atoms with Crippen LogP contribution in [0.3, 0.4) is 0 Å². The number of benzene rings is 1. The molecule has 1 atom stereocenters. The molecule has 0 aliphatic heterocycles. The fourth-order valence-electron chi connectivity index (χ4n) is 1.94. The highest BCUT2D eigenvalue weighted by atomic mass is 16.5. The SMILES string of the molecule is CCOc1cc(C(=O)O[C@@H](C)C(=O)NC(=O)NC(C)(C)C)ccc1OC. The Bertz CT molecular complexity index is 666. The van der Waals surface area contributed by atoms with Gasteiger partial charge in [0.15, 0.2) is 17.6 Å². The van der Waals surface area contributed by atoms with Crippen molar-refractivity contribution in [3.05, 3.63) is 23.8 Å². The number of hydrogen-bond donors (Lipinski definition) is 2. The van der Waals surface area contributed by atoms with Gasteiger partial charge in [0.1, 0.15) is 0 Å². The number of rotatable bonds is 6. The third kappa shape index (κ3) is 6.62. The molecule has 1 aromatic rings. The summed E-state index contributed by atoms with van der Waals surface area (Å²) in [6.07, 6.45) is -1.15. The highest BCUT2D eigenvalue weighted by molar-refractivity contribution is 5.98. The van der Waals surface area contributed by atoms with E-state index in [0.29, 0.717) is 18.1 Å². The largest absolute Gasteiger partial charge is 0.493 e. The lowest BCUT2D eigenvalue weighted by Crippen LogP contribution is -2.50. The standard InChI is InChI=1S/C18H26N2O6/c1-7-25-14-10-12(8-9-13(14)24-6)16(22)26-11(2)15(21)19-17(23)20-18(3,4)5/h8-11H,7H2,1-6H3,(H2,19,20,21,23)/t11-/m0/s1. The summed E-state index contributed by atoms with van der Waals surface area (Å²) in [7, 11) is 1.49. The number of esters is 1. The first kappa shape index (κ1) is 21.3. The van der Waals surface area contributed by atoms with E-state index in [4.69, 9.17) is 14.2 Å². The predicted molar refractivity (Wildman–Crippen MR) is 95.5 cm³/mol. The minimum atomic E-state index is -1.15. The number of urea groups is 1. The number of amides is 3. The van der Waals surface area contributed by atoms with Crippen LogP contribution in [0, 0.1) is 0 Å². The maximum absolute atomic E-state index is 12.2. The molecule has 1 rings (SSSR count). The molecular weight excluding hydrogens is 340 g/mol. The van der Waals surface area contributed by atoms with Gasteiger partial charge in [0.25, 0.3) is 5.91 Å². The predicted octanol–water partition coefficient (Wildman–Crippen LogP) is 2.26. The zero-order valence-electron chi connectivity index (χ0n) is 16.0. The van der Waals surface area contributed by atoms with Crippen LogP contribution in [0.2, 0.25) is 0 Å². The summed E-state index contributed by atoms with van der Waals surface area (Å²) < 4.78 is 15.7. The Hall–Kier alpha value is -2.77. The molecule has 0 heterocycles. The number of nitrogens with one attached hydrogen (secondary N) is 2. The van der Waals surface area contributed by atoms with Gasteiger partial charge in [-0.1, -0.05) is 0 Å². The zero-order valence-corrected chi connectivity index (χ0v) is 16.0. The van der Waals surface area contributed by atoms with Gasteiger partial charge in [-0.15, -0.1) is 0 Å². The Morgan fingerprint density at radius 3 is 2.35 bits per heavy atom. The quantitative estimate of drug-likeness (QED) is 0.749. The van der Waals surface area contributed by atoms with Gasteiger partial charge in [-0.2, -0.15) is 0 Å². The third-order valence-electron chi connectivity index (χ3n) is 3.08. The number of carbonyl (C=O) groups excluding carboxylic acids is 3. The molecule has 0 spiro atoms. The van der Waals surface area contributed by atoms with E-state index in [-0.39, 0.29) is 5.56 Å². The van der Waals surface area contributed by atoms with Gasteiger partial charge in [-0.05, 0) is 52.8 Å². The molecule has 0 radical (unpaired) electrons. The third-order valence-corrected chi connectivity index (χ3v) is 3.08. The van der Waals surface area contributed by atoms with E-state index < -0.39 is 29.6 Å². The Kier molecular flexibility index (Phi) is 7.42. The number of methoxy groups -OCH3 is 1. The van der Waals surface area contributed by atoms with Gasteiger partial charge >= 0.3 is 12.0 Å². The smallest absolute Gasteiger partial charge is 0.339 e. The minimum absolute atomic E-state index is 0.202. The van der Waals surface area contributed by atoms with E-state index in [1.165, 1.54) is 26.2 Å². The van der Waals surface area contributed by atoms with Crippen molar-refractivity contribution in [1.82, 2.24) is 10.6 Å². The highest BCUT2D eigenvalue weighted by Crippen LogP contribution is 2.28. The number of imide groups is 1. The second kappa shape index (κ2) is 9.07. The van der Waals surface area contributed by atoms with Crippen molar-refractivity contribution in [1.29, 1.82) is 0 Å². The van der Waals surface area contributed by atoms with Gasteiger partial charge in [-0.25, -0.2) is 9.59 Å². The maximum Gasteiger partial charge on any atom is 0.339 e. The van der Waals surface area contributed by atoms with Gasteiger partial charge < -0.3 is 19.5 Å². The van der Waals surface area contributed by atoms with Crippen LogP contribution in [0.15, 0.2) is 18.2 Å². The molecule has 0 aliphatic rings. The van der Waals surface area contributed by atoms with E-state index in [2.05, 4.69) is 10.6 Å². The van der Waals surface area contributed by atoms with Crippen LogP contribution in [0.25, 0.3) is 0 Å². The summed E-state index contributed by atoms with van der Waals surface area (Å²) in [5.41, 5.74) is -0.295. The monoisotopic (exact) mass is 366 g/mol. The van der Waals surface area contributed by atoms with Crippen molar-refractivity contribution in [2.75, 3.05) is 13.7 Å².